The maximum absolute atomic E-state index is 5.93. The first kappa shape index (κ1) is 13.6. The third-order valence-corrected chi connectivity index (χ3v) is 2.96. The molecule has 0 radical (unpaired) electrons. The molecule has 0 unspecified atom stereocenters. The fourth-order valence-electron chi connectivity index (χ4n) is 2.08. The van der Waals surface area contributed by atoms with Crippen molar-refractivity contribution in [2.75, 3.05) is 25.6 Å². The van der Waals surface area contributed by atoms with Crippen molar-refractivity contribution in [2.24, 2.45) is 0 Å². The van der Waals surface area contributed by atoms with Crippen LogP contribution in [0, 0.1) is 0 Å². The predicted molar refractivity (Wildman–Crippen MR) is 75.0 cm³/mol. The van der Waals surface area contributed by atoms with E-state index in [0.29, 0.717) is 19.8 Å². The highest BCUT2D eigenvalue weighted by Crippen LogP contribution is 2.41. The highest BCUT2D eigenvalue weighted by atomic mass is 32.1. The lowest BCUT2D eigenvalue weighted by Crippen LogP contribution is -2.24. The number of thiol groups is 1. The van der Waals surface area contributed by atoms with Crippen molar-refractivity contribution in [1.82, 2.24) is 0 Å². The summed E-state index contributed by atoms with van der Waals surface area (Å²) in [6, 6.07) is 6.04. The molecule has 100 valence electrons. The van der Waals surface area contributed by atoms with Crippen LogP contribution in [-0.4, -0.2) is 31.2 Å². The Labute approximate surface area is 114 Å². The average molecular weight is 268 g/mol. The molecule has 3 nitrogen and oxygen atoms in total. The van der Waals surface area contributed by atoms with Gasteiger partial charge in [0.2, 0.25) is 0 Å². The molecule has 1 aliphatic heterocycles. The maximum Gasteiger partial charge on any atom is 0.165 e. The Morgan fingerprint density at radius 2 is 2.11 bits per heavy atom. The first-order valence-electron chi connectivity index (χ1n) is 6.25. The highest BCUT2D eigenvalue weighted by molar-refractivity contribution is 7.80. The van der Waals surface area contributed by atoms with E-state index in [4.69, 9.17) is 14.2 Å². The standard InChI is InChI=1S/C14H20O3S/c1-14(2)10-11-4-3-5-12(13(11)17-14)16-7-6-15-8-9-18/h3-5,18H,6-10H2,1-2H3. The Kier molecular flexibility index (Phi) is 4.40. The number of ether oxygens (including phenoxy) is 3. The van der Waals surface area contributed by atoms with Crippen molar-refractivity contribution < 1.29 is 14.2 Å². The molecule has 0 aromatic heterocycles. The molecule has 1 aromatic rings. The van der Waals surface area contributed by atoms with Crippen LogP contribution in [0.15, 0.2) is 18.2 Å². The zero-order valence-electron chi connectivity index (χ0n) is 10.9. The van der Waals surface area contributed by atoms with Gasteiger partial charge in [-0.15, -0.1) is 0 Å². The Morgan fingerprint density at radius 1 is 1.28 bits per heavy atom. The largest absolute Gasteiger partial charge is 0.487 e. The molecule has 0 saturated carbocycles. The van der Waals surface area contributed by atoms with E-state index in [9.17, 15) is 0 Å². The molecular weight excluding hydrogens is 248 g/mol. The van der Waals surface area contributed by atoms with Gasteiger partial charge >= 0.3 is 0 Å². The monoisotopic (exact) mass is 268 g/mol. The van der Waals surface area contributed by atoms with E-state index in [1.54, 1.807) is 0 Å². The predicted octanol–water partition coefficient (Wildman–Crippen LogP) is 2.73. The molecular formula is C14H20O3S. The Morgan fingerprint density at radius 3 is 2.89 bits per heavy atom. The Bertz CT molecular complexity index is 404. The molecule has 18 heavy (non-hydrogen) atoms. The molecule has 1 aliphatic rings. The summed E-state index contributed by atoms with van der Waals surface area (Å²) in [5.41, 5.74) is 1.08. The van der Waals surface area contributed by atoms with Crippen molar-refractivity contribution in [2.45, 2.75) is 25.9 Å². The molecule has 0 atom stereocenters. The second-order valence-electron chi connectivity index (χ2n) is 4.97. The summed E-state index contributed by atoms with van der Waals surface area (Å²) in [5.74, 6) is 2.43. The molecule has 0 spiro atoms. The van der Waals surface area contributed by atoms with Gasteiger partial charge in [0.05, 0.1) is 13.2 Å². The van der Waals surface area contributed by atoms with Gasteiger partial charge in [0, 0.05) is 17.7 Å². The van der Waals surface area contributed by atoms with E-state index < -0.39 is 0 Å². The summed E-state index contributed by atoms with van der Waals surface area (Å²) in [7, 11) is 0. The van der Waals surface area contributed by atoms with E-state index in [1.165, 1.54) is 5.56 Å². The summed E-state index contributed by atoms with van der Waals surface area (Å²) in [6.45, 7) is 5.95. The van der Waals surface area contributed by atoms with Gasteiger partial charge in [0.1, 0.15) is 12.2 Å². The third-order valence-electron chi connectivity index (χ3n) is 2.78. The second kappa shape index (κ2) is 5.85. The minimum Gasteiger partial charge on any atom is -0.487 e. The summed E-state index contributed by atoms with van der Waals surface area (Å²) in [4.78, 5) is 0. The van der Waals surface area contributed by atoms with Crippen molar-refractivity contribution >= 4 is 12.6 Å². The van der Waals surface area contributed by atoms with Crippen molar-refractivity contribution in [3.63, 3.8) is 0 Å². The lowest BCUT2D eigenvalue weighted by molar-refractivity contribution is 0.104. The number of fused-ring (bicyclic) bond motifs is 1. The van der Waals surface area contributed by atoms with Crippen LogP contribution in [0.1, 0.15) is 19.4 Å². The number of hydrogen-bond acceptors (Lipinski definition) is 4. The third kappa shape index (κ3) is 3.33. The molecule has 4 heteroatoms. The molecule has 2 rings (SSSR count). The van der Waals surface area contributed by atoms with E-state index in [1.807, 2.05) is 12.1 Å². The van der Waals surface area contributed by atoms with Crippen LogP contribution < -0.4 is 9.47 Å². The quantitative estimate of drug-likeness (QED) is 0.635. The van der Waals surface area contributed by atoms with Gasteiger partial charge in [-0.05, 0) is 19.9 Å². The second-order valence-corrected chi connectivity index (χ2v) is 5.41. The van der Waals surface area contributed by atoms with E-state index in [0.717, 1.165) is 23.7 Å². The first-order chi connectivity index (χ1) is 8.62. The summed E-state index contributed by atoms with van der Waals surface area (Å²) in [6.07, 6.45) is 0.926. The topological polar surface area (TPSA) is 27.7 Å². The van der Waals surface area contributed by atoms with E-state index in [-0.39, 0.29) is 5.60 Å². The van der Waals surface area contributed by atoms with E-state index in [2.05, 4.69) is 32.5 Å². The molecule has 0 amide bonds. The number of rotatable bonds is 6. The lowest BCUT2D eigenvalue weighted by Gasteiger charge is -2.18. The van der Waals surface area contributed by atoms with Gasteiger partial charge in [-0.3, -0.25) is 0 Å². The molecule has 1 aromatic carbocycles. The molecule has 0 N–H and O–H groups in total. The highest BCUT2D eigenvalue weighted by Gasteiger charge is 2.32. The van der Waals surface area contributed by atoms with Gasteiger partial charge in [0.15, 0.2) is 11.5 Å². The molecule has 0 bridgehead atoms. The zero-order chi connectivity index (χ0) is 13.0. The molecule has 0 aliphatic carbocycles. The van der Waals surface area contributed by atoms with Crippen molar-refractivity contribution in [1.29, 1.82) is 0 Å². The van der Waals surface area contributed by atoms with Gasteiger partial charge in [-0.2, -0.15) is 12.6 Å². The summed E-state index contributed by atoms with van der Waals surface area (Å²) in [5, 5.41) is 0. The zero-order valence-corrected chi connectivity index (χ0v) is 11.8. The molecule has 0 saturated heterocycles. The van der Waals surface area contributed by atoms with Crippen LogP contribution in [0.2, 0.25) is 0 Å². The smallest absolute Gasteiger partial charge is 0.165 e. The fraction of sp³-hybridized carbons (Fsp3) is 0.571. The van der Waals surface area contributed by atoms with Gasteiger partial charge in [-0.1, -0.05) is 12.1 Å². The van der Waals surface area contributed by atoms with Crippen LogP contribution in [0.4, 0.5) is 0 Å². The van der Waals surface area contributed by atoms with Crippen LogP contribution in [0.5, 0.6) is 11.5 Å². The number of para-hydroxylation sites is 1. The van der Waals surface area contributed by atoms with Crippen LogP contribution >= 0.6 is 12.6 Å². The first-order valence-corrected chi connectivity index (χ1v) is 6.88. The Hall–Kier alpha value is -0.870. The lowest BCUT2D eigenvalue weighted by atomic mass is 10.0. The normalized spacial score (nSPS) is 16.2. The van der Waals surface area contributed by atoms with E-state index >= 15 is 0 Å². The number of hydrogen-bond donors (Lipinski definition) is 1. The number of benzene rings is 1. The van der Waals surface area contributed by atoms with Gasteiger partial charge in [0.25, 0.3) is 0 Å². The van der Waals surface area contributed by atoms with Gasteiger partial charge < -0.3 is 14.2 Å². The molecule has 0 fully saturated rings. The van der Waals surface area contributed by atoms with Crippen molar-refractivity contribution in [3.05, 3.63) is 23.8 Å². The van der Waals surface area contributed by atoms with Gasteiger partial charge in [-0.25, -0.2) is 0 Å². The van der Waals surface area contributed by atoms with Crippen LogP contribution in [0.3, 0.4) is 0 Å². The minimum absolute atomic E-state index is 0.135. The van der Waals surface area contributed by atoms with Crippen LogP contribution in [-0.2, 0) is 11.2 Å². The maximum atomic E-state index is 5.93. The SMILES string of the molecule is CC1(C)Cc2cccc(OCCOCCS)c2O1. The molecule has 1 heterocycles. The van der Waals surface area contributed by atoms with Crippen molar-refractivity contribution in [3.8, 4) is 11.5 Å². The average Bonchev–Trinajstić information content (AvgIpc) is 2.63. The minimum atomic E-state index is -0.135. The summed E-state index contributed by atoms with van der Waals surface area (Å²) >= 11 is 4.08. The Balaban J connectivity index is 1.93. The summed E-state index contributed by atoms with van der Waals surface area (Å²) < 4.78 is 17.0. The van der Waals surface area contributed by atoms with Crippen LogP contribution in [0.25, 0.3) is 0 Å². The fourth-order valence-corrected chi connectivity index (χ4v) is 2.21.